The van der Waals surface area contributed by atoms with Crippen molar-refractivity contribution < 1.29 is 9.59 Å². The lowest BCUT2D eigenvalue weighted by atomic mass is 9.89. The van der Waals surface area contributed by atoms with Gasteiger partial charge >= 0.3 is 0 Å². The van der Waals surface area contributed by atoms with E-state index < -0.39 is 0 Å². The van der Waals surface area contributed by atoms with E-state index in [1.165, 1.54) is 32.1 Å². The summed E-state index contributed by atoms with van der Waals surface area (Å²) in [6.07, 6.45) is 8.29. The molecule has 1 aliphatic heterocycles. The van der Waals surface area contributed by atoms with Gasteiger partial charge in [0, 0.05) is 20.6 Å². The van der Waals surface area contributed by atoms with Gasteiger partial charge in [-0.25, -0.2) is 0 Å². The highest BCUT2D eigenvalue weighted by Crippen LogP contribution is 2.23. The molecule has 1 unspecified atom stereocenters. The maximum atomic E-state index is 12.1. The number of nitrogens with one attached hydrogen (secondary N) is 1. The van der Waals surface area contributed by atoms with Gasteiger partial charge < -0.3 is 10.2 Å². The maximum absolute atomic E-state index is 12.1. The fourth-order valence-corrected chi connectivity index (χ4v) is 3.48. The molecule has 2 rings (SSSR count). The first-order chi connectivity index (χ1) is 10.1. The van der Waals surface area contributed by atoms with Crippen LogP contribution in [0.4, 0.5) is 0 Å². The molecular formula is C16H29N3O2. The molecule has 2 aliphatic rings. The molecular weight excluding hydrogens is 266 g/mol. The lowest BCUT2D eigenvalue weighted by molar-refractivity contribution is -0.134. The van der Waals surface area contributed by atoms with E-state index in [0.29, 0.717) is 12.5 Å². The Morgan fingerprint density at radius 2 is 1.81 bits per heavy atom. The second kappa shape index (κ2) is 7.78. The minimum Gasteiger partial charge on any atom is -0.355 e. The minimum absolute atomic E-state index is 0.0685. The monoisotopic (exact) mass is 295 g/mol. The van der Waals surface area contributed by atoms with Crippen LogP contribution in [-0.4, -0.2) is 61.4 Å². The van der Waals surface area contributed by atoms with Gasteiger partial charge in [-0.1, -0.05) is 19.3 Å². The van der Waals surface area contributed by atoms with E-state index in [4.69, 9.17) is 0 Å². The predicted octanol–water partition coefficient (Wildman–Crippen LogP) is 1.24. The highest BCUT2D eigenvalue weighted by atomic mass is 16.2. The van der Waals surface area contributed by atoms with Crippen LogP contribution in [0.15, 0.2) is 0 Å². The highest BCUT2D eigenvalue weighted by molar-refractivity contribution is 5.83. The molecule has 0 spiro atoms. The molecule has 2 amide bonds. The summed E-state index contributed by atoms with van der Waals surface area (Å²) in [6, 6.07) is -0.111. The molecule has 5 heteroatoms. The molecule has 1 heterocycles. The number of rotatable bonds is 5. The number of likely N-dealkylation sites (tertiary alicyclic amines) is 1. The SMILES string of the molecule is CN(C)C(=O)C1CCCN1CC(=O)NCC1CCCCC1. The quantitative estimate of drug-likeness (QED) is 0.830. The fourth-order valence-electron chi connectivity index (χ4n) is 3.48. The zero-order chi connectivity index (χ0) is 15.2. The van der Waals surface area contributed by atoms with Crippen molar-refractivity contribution >= 4 is 11.8 Å². The number of carbonyl (C=O) groups excluding carboxylic acids is 2. The molecule has 1 saturated carbocycles. The number of amides is 2. The first-order valence-corrected chi connectivity index (χ1v) is 8.30. The summed E-state index contributed by atoms with van der Waals surface area (Å²) in [5.74, 6) is 0.840. The van der Waals surface area contributed by atoms with Crippen LogP contribution in [0.2, 0.25) is 0 Å². The lowest BCUT2D eigenvalue weighted by Gasteiger charge is -2.26. The Bertz CT molecular complexity index is 365. The molecule has 0 aromatic heterocycles. The van der Waals surface area contributed by atoms with E-state index in [2.05, 4.69) is 5.32 Å². The van der Waals surface area contributed by atoms with Crippen LogP contribution in [-0.2, 0) is 9.59 Å². The molecule has 0 radical (unpaired) electrons. The molecule has 0 aromatic carbocycles. The Morgan fingerprint density at radius 1 is 1.10 bits per heavy atom. The van der Waals surface area contributed by atoms with Crippen molar-refractivity contribution in [1.29, 1.82) is 0 Å². The number of hydrogen-bond donors (Lipinski definition) is 1. The summed E-state index contributed by atoms with van der Waals surface area (Å²) < 4.78 is 0. The van der Waals surface area contributed by atoms with E-state index in [-0.39, 0.29) is 17.9 Å². The van der Waals surface area contributed by atoms with Crippen LogP contribution in [0.5, 0.6) is 0 Å². The van der Waals surface area contributed by atoms with Gasteiger partial charge in [0.25, 0.3) is 0 Å². The number of hydrogen-bond acceptors (Lipinski definition) is 3. The molecule has 0 bridgehead atoms. The third kappa shape index (κ3) is 4.70. The van der Waals surface area contributed by atoms with Crippen molar-refractivity contribution in [2.75, 3.05) is 33.7 Å². The summed E-state index contributed by atoms with van der Waals surface area (Å²) in [5, 5.41) is 3.06. The van der Waals surface area contributed by atoms with Crippen LogP contribution < -0.4 is 5.32 Å². The van der Waals surface area contributed by atoms with Gasteiger partial charge in [0.1, 0.15) is 0 Å². The van der Waals surface area contributed by atoms with Crippen LogP contribution >= 0.6 is 0 Å². The molecule has 5 nitrogen and oxygen atoms in total. The topological polar surface area (TPSA) is 52.7 Å². The zero-order valence-electron chi connectivity index (χ0n) is 13.4. The van der Waals surface area contributed by atoms with Crippen molar-refractivity contribution in [2.45, 2.75) is 51.0 Å². The summed E-state index contributed by atoms with van der Waals surface area (Å²) in [7, 11) is 3.56. The molecule has 21 heavy (non-hydrogen) atoms. The smallest absolute Gasteiger partial charge is 0.239 e. The van der Waals surface area contributed by atoms with E-state index in [0.717, 1.165) is 25.9 Å². The predicted molar refractivity (Wildman–Crippen MR) is 82.9 cm³/mol. The van der Waals surface area contributed by atoms with E-state index in [1.54, 1.807) is 19.0 Å². The standard InChI is InChI=1S/C16H29N3O2/c1-18(2)16(21)14-9-6-10-19(14)12-15(20)17-11-13-7-4-3-5-8-13/h13-14H,3-12H2,1-2H3,(H,17,20). The molecule has 1 aliphatic carbocycles. The van der Waals surface area contributed by atoms with Gasteiger partial charge in [-0.15, -0.1) is 0 Å². The van der Waals surface area contributed by atoms with Crippen molar-refractivity contribution in [3.05, 3.63) is 0 Å². The Labute approximate surface area is 128 Å². The molecule has 2 fully saturated rings. The van der Waals surface area contributed by atoms with Gasteiger partial charge in [-0.2, -0.15) is 0 Å². The van der Waals surface area contributed by atoms with Gasteiger partial charge in [-0.05, 0) is 38.1 Å². The third-order valence-corrected chi connectivity index (χ3v) is 4.75. The molecule has 0 aromatic rings. The van der Waals surface area contributed by atoms with Crippen LogP contribution in [0.3, 0.4) is 0 Å². The van der Waals surface area contributed by atoms with Crippen molar-refractivity contribution in [2.24, 2.45) is 5.92 Å². The van der Waals surface area contributed by atoms with Gasteiger partial charge in [0.2, 0.25) is 11.8 Å². The Morgan fingerprint density at radius 3 is 2.48 bits per heavy atom. The molecule has 1 saturated heterocycles. The van der Waals surface area contributed by atoms with E-state index in [9.17, 15) is 9.59 Å². The first-order valence-electron chi connectivity index (χ1n) is 8.30. The average Bonchev–Trinajstić information content (AvgIpc) is 2.93. The number of likely N-dealkylation sites (N-methyl/N-ethyl adjacent to an activating group) is 1. The largest absolute Gasteiger partial charge is 0.355 e. The summed E-state index contributed by atoms with van der Waals surface area (Å²) in [4.78, 5) is 27.9. The third-order valence-electron chi connectivity index (χ3n) is 4.75. The second-order valence-electron chi connectivity index (χ2n) is 6.67. The van der Waals surface area contributed by atoms with Crippen LogP contribution in [0.1, 0.15) is 44.9 Å². The second-order valence-corrected chi connectivity index (χ2v) is 6.67. The van der Waals surface area contributed by atoms with E-state index >= 15 is 0 Å². The van der Waals surface area contributed by atoms with Gasteiger partial charge in [0.15, 0.2) is 0 Å². The average molecular weight is 295 g/mol. The highest BCUT2D eigenvalue weighted by Gasteiger charge is 2.32. The first kappa shape index (κ1) is 16.3. The van der Waals surface area contributed by atoms with Crippen molar-refractivity contribution in [3.8, 4) is 0 Å². The van der Waals surface area contributed by atoms with Gasteiger partial charge in [0.05, 0.1) is 12.6 Å². The van der Waals surface area contributed by atoms with Crippen molar-refractivity contribution in [3.63, 3.8) is 0 Å². The summed E-state index contributed by atoms with van der Waals surface area (Å²) in [6.45, 7) is 2.01. The van der Waals surface area contributed by atoms with E-state index in [1.807, 2.05) is 4.90 Å². The lowest BCUT2D eigenvalue weighted by Crippen LogP contribution is -2.47. The zero-order valence-corrected chi connectivity index (χ0v) is 13.4. The maximum Gasteiger partial charge on any atom is 0.239 e. The Hall–Kier alpha value is -1.10. The van der Waals surface area contributed by atoms with Crippen LogP contribution in [0.25, 0.3) is 0 Å². The molecule has 1 atom stereocenters. The molecule has 1 N–H and O–H groups in total. The number of nitrogens with zero attached hydrogens (tertiary/aromatic N) is 2. The summed E-state index contributed by atoms with van der Waals surface area (Å²) in [5.41, 5.74) is 0. The van der Waals surface area contributed by atoms with Crippen molar-refractivity contribution in [1.82, 2.24) is 15.1 Å². The Balaban J connectivity index is 1.74. The van der Waals surface area contributed by atoms with Crippen LogP contribution in [0, 0.1) is 5.92 Å². The molecule has 120 valence electrons. The fraction of sp³-hybridized carbons (Fsp3) is 0.875. The normalized spacial score (nSPS) is 24.0. The summed E-state index contributed by atoms with van der Waals surface area (Å²) >= 11 is 0. The number of carbonyl (C=O) groups is 2. The van der Waals surface area contributed by atoms with Gasteiger partial charge in [-0.3, -0.25) is 14.5 Å². The Kier molecular flexibility index (Phi) is 6.03. The minimum atomic E-state index is -0.111.